The Morgan fingerprint density at radius 1 is 0.800 bits per heavy atom. The van der Waals surface area contributed by atoms with Gasteiger partial charge in [-0.05, 0) is 61.3 Å². The second-order valence-electron chi connectivity index (χ2n) is 8.38. The predicted molar refractivity (Wildman–Crippen MR) is 126 cm³/mol. The standard InChI is InChI=1S/C26H32O3Si/c1-26(2,21-27)29-23-18-16-22(17-19-23)11-10-20-28-30(3,24-12-6-4-7-13-24)25-14-8-5-9-15-25/h4-9,12-19,27H,10-11,20-21H2,1-3H3. The molecule has 0 unspecified atom stereocenters. The molecule has 0 saturated carbocycles. The Morgan fingerprint density at radius 3 is 1.83 bits per heavy atom. The molecule has 3 rings (SSSR count). The average molecular weight is 421 g/mol. The van der Waals surface area contributed by atoms with E-state index in [2.05, 4.69) is 79.3 Å². The molecule has 0 aromatic heterocycles. The van der Waals surface area contributed by atoms with Gasteiger partial charge in [-0.2, -0.15) is 0 Å². The van der Waals surface area contributed by atoms with Gasteiger partial charge < -0.3 is 14.3 Å². The number of aryl methyl sites for hydroxylation is 1. The molecule has 0 fully saturated rings. The molecule has 3 nitrogen and oxygen atoms in total. The number of ether oxygens (including phenoxy) is 1. The number of benzene rings is 3. The van der Waals surface area contributed by atoms with Crippen LogP contribution in [0.25, 0.3) is 0 Å². The third kappa shape index (κ3) is 5.82. The summed E-state index contributed by atoms with van der Waals surface area (Å²) >= 11 is 0. The lowest BCUT2D eigenvalue weighted by molar-refractivity contribution is 0.0412. The number of hydrogen-bond donors (Lipinski definition) is 1. The molecule has 30 heavy (non-hydrogen) atoms. The second kappa shape index (κ2) is 10.1. The summed E-state index contributed by atoms with van der Waals surface area (Å²) in [5.41, 5.74) is 0.690. The van der Waals surface area contributed by atoms with E-state index in [9.17, 15) is 5.11 Å². The minimum Gasteiger partial charge on any atom is -0.485 e. The summed E-state index contributed by atoms with van der Waals surface area (Å²) < 4.78 is 12.4. The van der Waals surface area contributed by atoms with Crippen LogP contribution in [-0.4, -0.2) is 32.2 Å². The van der Waals surface area contributed by atoms with Gasteiger partial charge in [-0.25, -0.2) is 0 Å². The van der Waals surface area contributed by atoms with E-state index in [-0.39, 0.29) is 6.61 Å². The SMILES string of the molecule is CC(C)(CO)Oc1ccc(CCCO[Si](C)(c2ccccc2)c2ccccc2)cc1. The van der Waals surface area contributed by atoms with Crippen molar-refractivity contribution in [3.8, 4) is 5.75 Å². The van der Waals surface area contributed by atoms with Crippen LogP contribution in [-0.2, 0) is 10.8 Å². The first-order chi connectivity index (χ1) is 14.4. The summed E-state index contributed by atoms with van der Waals surface area (Å²) in [5.74, 6) is 0.780. The molecular formula is C26H32O3Si. The highest BCUT2D eigenvalue weighted by molar-refractivity contribution is 6.96. The summed E-state index contributed by atoms with van der Waals surface area (Å²) in [7, 11) is -2.22. The quantitative estimate of drug-likeness (QED) is 0.395. The normalized spacial score (nSPS) is 12.0. The van der Waals surface area contributed by atoms with Gasteiger partial charge in [-0.15, -0.1) is 0 Å². The molecule has 0 aliphatic heterocycles. The van der Waals surface area contributed by atoms with E-state index in [4.69, 9.17) is 9.16 Å². The molecule has 0 amide bonds. The van der Waals surface area contributed by atoms with E-state index in [1.807, 2.05) is 26.0 Å². The van der Waals surface area contributed by atoms with E-state index in [0.717, 1.165) is 25.2 Å². The van der Waals surface area contributed by atoms with Gasteiger partial charge in [-0.3, -0.25) is 0 Å². The van der Waals surface area contributed by atoms with Gasteiger partial charge in [0.05, 0.1) is 6.61 Å². The summed E-state index contributed by atoms with van der Waals surface area (Å²) in [6.45, 7) is 6.74. The fourth-order valence-electron chi connectivity index (χ4n) is 3.47. The van der Waals surface area contributed by atoms with Gasteiger partial charge in [0, 0.05) is 6.61 Å². The maximum atomic E-state index is 9.35. The summed E-state index contributed by atoms with van der Waals surface area (Å²) in [4.78, 5) is 0. The van der Waals surface area contributed by atoms with E-state index in [0.29, 0.717) is 0 Å². The number of hydrogen-bond acceptors (Lipinski definition) is 3. The lowest BCUT2D eigenvalue weighted by Gasteiger charge is -2.28. The number of rotatable bonds is 10. The Hall–Kier alpha value is -2.40. The van der Waals surface area contributed by atoms with E-state index < -0.39 is 13.9 Å². The maximum absolute atomic E-state index is 9.35. The molecule has 158 valence electrons. The molecule has 0 bridgehead atoms. The van der Waals surface area contributed by atoms with Gasteiger partial charge >= 0.3 is 0 Å². The minimum absolute atomic E-state index is 0.0163. The van der Waals surface area contributed by atoms with Crippen LogP contribution < -0.4 is 15.1 Å². The molecule has 0 spiro atoms. The number of aliphatic hydroxyl groups is 1. The summed E-state index contributed by atoms with van der Waals surface area (Å²) in [5, 5.41) is 11.9. The van der Waals surface area contributed by atoms with Crippen molar-refractivity contribution in [2.75, 3.05) is 13.2 Å². The van der Waals surface area contributed by atoms with Crippen LogP contribution in [0, 0.1) is 0 Å². The van der Waals surface area contributed by atoms with E-state index in [1.54, 1.807) is 0 Å². The highest BCUT2D eigenvalue weighted by atomic mass is 28.4. The number of aliphatic hydroxyl groups excluding tert-OH is 1. The van der Waals surface area contributed by atoms with Crippen molar-refractivity contribution in [3.05, 3.63) is 90.5 Å². The van der Waals surface area contributed by atoms with Gasteiger partial charge in [0.1, 0.15) is 11.4 Å². The van der Waals surface area contributed by atoms with Crippen molar-refractivity contribution in [2.24, 2.45) is 0 Å². The molecule has 4 heteroatoms. The van der Waals surface area contributed by atoms with Gasteiger partial charge in [0.2, 0.25) is 0 Å². The topological polar surface area (TPSA) is 38.7 Å². The zero-order valence-corrected chi connectivity index (χ0v) is 19.2. The van der Waals surface area contributed by atoms with Crippen LogP contribution in [0.15, 0.2) is 84.9 Å². The first kappa shape index (κ1) is 22.3. The van der Waals surface area contributed by atoms with Gasteiger partial charge in [0.15, 0.2) is 0 Å². The molecule has 0 heterocycles. The van der Waals surface area contributed by atoms with E-state index in [1.165, 1.54) is 15.9 Å². The van der Waals surface area contributed by atoms with Crippen LogP contribution >= 0.6 is 0 Å². The smallest absolute Gasteiger partial charge is 0.252 e. The Kier molecular flexibility index (Phi) is 7.48. The molecule has 0 atom stereocenters. The Balaban J connectivity index is 1.60. The molecule has 0 aliphatic carbocycles. The van der Waals surface area contributed by atoms with Crippen LogP contribution in [0.5, 0.6) is 5.75 Å². The van der Waals surface area contributed by atoms with Crippen LogP contribution in [0.1, 0.15) is 25.8 Å². The molecule has 0 radical (unpaired) electrons. The second-order valence-corrected chi connectivity index (χ2v) is 11.9. The minimum atomic E-state index is -2.22. The monoisotopic (exact) mass is 420 g/mol. The van der Waals surface area contributed by atoms with Crippen molar-refractivity contribution in [3.63, 3.8) is 0 Å². The highest BCUT2D eigenvalue weighted by Gasteiger charge is 2.33. The van der Waals surface area contributed by atoms with Gasteiger partial charge in [-0.1, -0.05) is 72.8 Å². The highest BCUT2D eigenvalue weighted by Crippen LogP contribution is 2.19. The summed E-state index contributed by atoms with van der Waals surface area (Å²) in [6.07, 6.45) is 1.92. The third-order valence-electron chi connectivity index (χ3n) is 5.35. The average Bonchev–Trinajstić information content (AvgIpc) is 2.78. The first-order valence-electron chi connectivity index (χ1n) is 10.6. The molecule has 3 aromatic carbocycles. The molecular weight excluding hydrogens is 388 g/mol. The fourth-order valence-corrected chi connectivity index (χ4v) is 6.35. The maximum Gasteiger partial charge on any atom is 0.252 e. The first-order valence-corrected chi connectivity index (χ1v) is 13.0. The Morgan fingerprint density at radius 2 is 1.33 bits per heavy atom. The van der Waals surface area contributed by atoms with Crippen molar-refractivity contribution >= 4 is 18.7 Å². The summed E-state index contributed by atoms with van der Waals surface area (Å²) in [6, 6.07) is 29.3. The lowest BCUT2D eigenvalue weighted by Crippen LogP contribution is -2.58. The molecule has 0 aliphatic rings. The van der Waals surface area contributed by atoms with Crippen molar-refractivity contribution in [2.45, 2.75) is 38.8 Å². The fraction of sp³-hybridized carbons (Fsp3) is 0.308. The van der Waals surface area contributed by atoms with Crippen LogP contribution in [0.4, 0.5) is 0 Å². The Bertz CT molecular complexity index is 853. The van der Waals surface area contributed by atoms with Crippen LogP contribution in [0.3, 0.4) is 0 Å². The molecule has 0 saturated heterocycles. The third-order valence-corrected chi connectivity index (χ3v) is 9.00. The van der Waals surface area contributed by atoms with Crippen LogP contribution in [0.2, 0.25) is 6.55 Å². The molecule has 3 aromatic rings. The predicted octanol–water partition coefficient (Wildman–Crippen LogP) is 4.18. The Labute approximate surface area is 181 Å². The lowest BCUT2D eigenvalue weighted by atomic mass is 10.1. The molecule has 1 N–H and O–H groups in total. The van der Waals surface area contributed by atoms with Gasteiger partial charge in [0.25, 0.3) is 8.32 Å². The van der Waals surface area contributed by atoms with Crippen molar-refractivity contribution in [1.82, 2.24) is 0 Å². The zero-order chi connectivity index (χ0) is 21.5. The van der Waals surface area contributed by atoms with E-state index >= 15 is 0 Å². The van der Waals surface area contributed by atoms with Crippen molar-refractivity contribution in [1.29, 1.82) is 0 Å². The van der Waals surface area contributed by atoms with Crippen molar-refractivity contribution < 1.29 is 14.3 Å². The zero-order valence-electron chi connectivity index (χ0n) is 18.2. The largest absolute Gasteiger partial charge is 0.485 e.